The fourth-order valence-corrected chi connectivity index (χ4v) is 2.71. The molecule has 0 saturated carbocycles. The van der Waals surface area contributed by atoms with Crippen LogP contribution in [-0.4, -0.2) is 19.1 Å². The van der Waals surface area contributed by atoms with Gasteiger partial charge in [0.2, 0.25) is 0 Å². The van der Waals surface area contributed by atoms with E-state index in [1.54, 1.807) is 0 Å². The Balaban J connectivity index is 3.04. The van der Waals surface area contributed by atoms with E-state index in [4.69, 9.17) is 10.5 Å². The Hall–Kier alpha value is -0.570. The molecule has 0 spiro atoms. The van der Waals surface area contributed by atoms with Crippen LogP contribution in [-0.2, 0) is 9.53 Å². The van der Waals surface area contributed by atoms with Crippen molar-refractivity contribution in [1.29, 1.82) is 0 Å². The first kappa shape index (κ1) is 21.4. The predicted molar refractivity (Wildman–Crippen MR) is 94.9 cm³/mol. The maximum absolute atomic E-state index is 11.2. The van der Waals surface area contributed by atoms with Crippen molar-refractivity contribution >= 4 is 5.97 Å². The van der Waals surface area contributed by atoms with Crippen LogP contribution in [0.1, 0.15) is 103 Å². The van der Waals surface area contributed by atoms with Gasteiger partial charge in [-0.1, -0.05) is 90.4 Å². The number of hydrogen-bond acceptors (Lipinski definition) is 3. The second kappa shape index (κ2) is 18.5. The minimum atomic E-state index is -0.0932. The molecule has 22 heavy (non-hydrogen) atoms. The largest absolute Gasteiger partial charge is 0.464 e. The Morgan fingerprint density at radius 2 is 1.14 bits per heavy atom. The number of carbonyl (C=O) groups is 1. The molecule has 3 heteroatoms. The standard InChI is InChI=1S/C19H39NO2/c1-2-3-4-5-6-7-8-9-10-11-12-13-14-15-16-19(21)22-18-17-20/h2-18,20H2,1H3. The second-order valence-corrected chi connectivity index (χ2v) is 6.36. The number of unbranched alkanes of at least 4 members (excludes halogenated alkanes) is 13. The molecule has 0 bridgehead atoms. The molecule has 0 aliphatic heterocycles. The van der Waals surface area contributed by atoms with Crippen molar-refractivity contribution in [3.05, 3.63) is 0 Å². The number of ether oxygens (including phenoxy) is 1. The maximum Gasteiger partial charge on any atom is 0.305 e. The van der Waals surface area contributed by atoms with E-state index < -0.39 is 0 Å². The fourth-order valence-electron chi connectivity index (χ4n) is 2.71. The number of esters is 1. The Morgan fingerprint density at radius 3 is 1.55 bits per heavy atom. The lowest BCUT2D eigenvalue weighted by Crippen LogP contribution is -2.13. The molecule has 0 aliphatic carbocycles. The van der Waals surface area contributed by atoms with Crippen molar-refractivity contribution in [3.8, 4) is 0 Å². The summed E-state index contributed by atoms with van der Waals surface area (Å²) in [6, 6.07) is 0. The summed E-state index contributed by atoms with van der Waals surface area (Å²) in [5.41, 5.74) is 5.28. The van der Waals surface area contributed by atoms with Gasteiger partial charge in [0.15, 0.2) is 0 Å². The number of rotatable bonds is 17. The van der Waals surface area contributed by atoms with Crippen LogP contribution in [0, 0.1) is 0 Å². The van der Waals surface area contributed by atoms with Gasteiger partial charge < -0.3 is 10.5 Å². The predicted octanol–water partition coefficient (Wildman–Crippen LogP) is 5.36. The summed E-state index contributed by atoms with van der Waals surface area (Å²) in [5.74, 6) is -0.0932. The van der Waals surface area contributed by atoms with E-state index in [1.165, 1.54) is 77.0 Å². The van der Waals surface area contributed by atoms with E-state index in [2.05, 4.69) is 6.92 Å². The van der Waals surface area contributed by atoms with E-state index >= 15 is 0 Å². The minimum Gasteiger partial charge on any atom is -0.464 e. The molecule has 2 N–H and O–H groups in total. The zero-order chi connectivity index (χ0) is 16.3. The number of carbonyl (C=O) groups excluding carboxylic acids is 1. The van der Waals surface area contributed by atoms with Gasteiger partial charge in [-0.25, -0.2) is 0 Å². The first-order valence-corrected chi connectivity index (χ1v) is 9.67. The van der Waals surface area contributed by atoms with Gasteiger partial charge in [0.05, 0.1) is 0 Å². The summed E-state index contributed by atoms with van der Waals surface area (Å²) >= 11 is 0. The molecule has 0 amide bonds. The lowest BCUT2D eigenvalue weighted by atomic mass is 10.0. The van der Waals surface area contributed by atoms with E-state index in [-0.39, 0.29) is 5.97 Å². The average Bonchev–Trinajstić information content (AvgIpc) is 2.53. The molecule has 0 fully saturated rings. The molecular formula is C19H39NO2. The Bertz CT molecular complexity index is 231. The lowest BCUT2D eigenvalue weighted by Gasteiger charge is -2.04. The van der Waals surface area contributed by atoms with Crippen LogP contribution in [0.2, 0.25) is 0 Å². The first-order valence-electron chi connectivity index (χ1n) is 9.67. The average molecular weight is 314 g/mol. The van der Waals surface area contributed by atoms with Crippen molar-refractivity contribution in [2.75, 3.05) is 13.2 Å². The van der Waals surface area contributed by atoms with Gasteiger partial charge in [-0.3, -0.25) is 4.79 Å². The van der Waals surface area contributed by atoms with Crippen LogP contribution in [0.25, 0.3) is 0 Å². The summed E-state index contributed by atoms with van der Waals surface area (Å²) in [4.78, 5) is 11.2. The van der Waals surface area contributed by atoms with Crippen molar-refractivity contribution < 1.29 is 9.53 Å². The second-order valence-electron chi connectivity index (χ2n) is 6.36. The summed E-state index contributed by atoms with van der Waals surface area (Å²) in [6.07, 6.45) is 19.2. The summed E-state index contributed by atoms with van der Waals surface area (Å²) in [7, 11) is 0. The highest BCUT2D eigenvalue weighted by Gasteiger charge is 2.01. The quantitative estimate of drug-likeness (QED) is 0.290. The molecule has 0 aromatic rings. The molecule has 0 aromatic carbocycles. The molecule has 0 radical (unpaired) electrons. The van der Waals surface area contributed by atoms with Gasteiger partial charge in [-0.15, -0.1) is 0 Å². The smallest absolute Gasteiger partial charge is 0.305 e. The molecular weight excluding hydrogens is 274 g/mol. The van der Waals surface area contributed by atoms with Crippen LogP contribution < -0.4 is 5.73 Å². The van der Waals surface area contributed by atoms with E-state index in [1.807, 2.05) is 0 Å². The van der Waals surface area contributed by atoms with Crippen LogP contribution in [0.5, 0.6) is 0 Å². The lowest BCUT2D eigenvalue weighted by molar-refractivity contribution is -0.143. The van der Waals surface area contributed by atoms with Crippen molar-refractivity contribution in [1.82, 2.24) is 0 Å². The molecule has 0 aliphatic rings. The van der Waals surface area contributed by atoms with Crippen molar-refractivity contribution in [2.45, 2.75) is 103 Å². The number of hydrogen-bond donors (Lipinski definition) is 1. The van der Waals surface area contributed by atoms with E-state index in [0.29, 0.717) is 19.6 Å². The van der Waals surface area contributed by atoms with Gasteiger partial charge in [0, 0.05) is 13.0 Å². The van der Waals surface area contributed by atoms with Gasteiger partial charge >= 0.3 is 5.97 Å². The highest BCUT2D eigenvalue weighted by molar-refractivity contribution is 5.69. The Kier molecular flexibility index (Phi) is 18.0. The molecule has 3 nitrogen and oxygen atoms in total. The zero-order valence-corrected chi connectivity index (χ0v) is 14.9. The van der Waals surface area contributed by atoms with E-state index in [9.17, 15) is 4.79 Å². The molecule has 0 unspecified atom stereocenters. The monoisotopic (exact) mass is 313 g/mol. The molecule has 0 rings (SSSR count). The van der Waals surface area contributed by atoms with Crippen LogP contribution in [0.4, 0.5) is 0 Å². The molecule has 0 heterocycles. The summed E-state index contributed by atoms with van der Waals surface area (Å²) in [5, 5.41) is 0. The highest BCUT2D eigenvalue weighted by atomic mass is 16.5. The fraction of sp³-hybridized carbons (Fsp3) is 0.947. The maximum atomic E-state index is 11.2. The van der Waals surface area contributed by atoms with Crippen LogP contribution >= 0.6 is 0 Å². The van der Waals surface area contributed by atoms with Gasteiger partial charge in [-0.2, -0.15) is 0 Å². The van der Waals surface area contributed by atoms with Crippen molar-refractivity contribution in [3.63, 3.8) is 0 Å². The molecule has 0 saturated heterocycles. The summed E-state index contributed by atoms with van der Waals surface area (Å²) < 4.78 is 4.94. The van der Waals surface area contributed by atoms with E-state index in [0.717, 1.165) is 12.8 Å². The minimum absolute atomic E-state index is 0.0932. The van der Waals surface area contributed by atoms with Gasteiger partial charge in [0.25, 0.3) is 0 Å². The summed E-state index contributed by atoms with van der Waals surface area (Å²) in [6.45, 7) is 3.05. The number of nitrogens with two attached hydrogens (primary N) is 1. The third kappa shape index (κ3) is 17.5. The third-order valence-corrected chi connectivity index (χ3v) is 4.12. The molecule has 132 valence electrons. The van der Waals surface area contributed by atoms with Gasteiger partial charge in [-0.05, 0) is 6.42 Å². The zero-order valence-electron chi connectivity index (χ0n) is 14.9. The molecule has 0 atom stereocenters. The Morgan fingerprint density at radius 1 is 0.727 bits per heavy atom. The third-order valence-electron chi connectivity index (χ3n) is 4.12. The van der Waals surface area contributed by atoms with Crippen molar-refractivity contribution in [2.24, 2.45) is 5.73 Å². The SMILES string of the molecule is CCCCCCCCCCCCCCCCC(=O)OCCN. The normalized spacial score (nSPS) is 10.8. The van der Waals surface area contributed by atoms with Crippen LogP contribution in [0.3, 0.4) is 0 Å². The Labute approximate surface area is 138 Å². The highest BCUT2D eigenvalue weighted by Crippen LogP contribution is 2.13. The first-order chi connectivity index (χ1) is 10.8. The van der Waals surface area contributed by atoms with Gasteiger partial charge in [0.1, 0.15) is 6.61 Å². The van der Waals surface area contributed by atoms with Crippen LogP contribution in [0.15, 0.2) is 0 Å². The molecule has 0 aromatic heterocycles. The topological polar surface area (TPSA) is 52.3 Å².